The third-order valence-electron chi connectivity index (χ3n) is 3.71. The van der Waals surface area contributed by atoms with Crippen molar-refractivity contribution in [2.45, 2.75) is 31.5 Å². The summed E-state index contributed by atoms with van der Waals surface area (Å²) in [7, 11) is 0. The molecule has 2 fully saturated rings. The molecule has 0 bridgehead atoms. The summed E-state index contributed by atoms with van der Waals surface area (Å²) in [4.78, 5) is 17.2. The second kappa shape index (κ2) is 5.20. The fourth-order valence-corrected chi connectivity index (χ4v) is 2.24. The molecule has 1 amide bonds. The van der Waals surface area contributed by atoms with Gasteiger partial charge >= 0.3 is 6.18 Å². The number of hydrogen-bond acceptors (Lipinski definition) is 3. The second-order valence-corrected chi connectivity index (χ2v) is 5.57. The van der Waals surface area contributed by atoms with Gasteiger partial charge in [0.15, 0.2) is 0 Å². The minimum absolute atomic E-state index is 0.0517. The maximum atomic E-state index is 12.6. The molecule has 1 aromatic rings. The highest BCUT2D eigenvalue weighted by Gasteiger charge is 2.36. The van der Waals surface area contributed by atoms with Crippen LogP contribution < -0.4 is 4.74 Å². The Morgan fingerprint density at radius 1 is 1.38 bits per heavy atom. The van der Waals surface area contributed by atoms with E-state index < -0.39 is 11.7 Å². The van der Waals surface area contributed by atoms with Crippen molar-refractivity contribution >= 4 is 5.91 Å². The van der Waals surface area contributed by atoms with E-state index in [0.29, 0.717) is 25.4 Å². The predicted octanol–water partition coefficient (Wildman–Crippen LogP) is 2.49. The van der Waals surface area contributed by atoms with Crippen LogP contribution >= 0.6 is 0 Å². The van der Waals surface area contributed by atoms with Crippen LogP contribution in [0.25, 0.3) is 0 Å². The summed E-state index contributed by atoms with van der Waals surface area (Å²) < 4.78 is 43.1. The summed E-state index contributed by atoms with van der Waals surface area (Å²) in [5.74, 6) is 0.584. The van der Waals surface area contributed by atoms with Crippen LogP contribution in [0.1, 0.15) is 24.8 Å². The lowest BCUT2D eigenvalue weighted by Crippen LogP contribution is -2.56. The summed E-state index contributed by atoms with van der Waals surface area (Å²) in [5.41, 5.74) is -0.784. The van der Waals surface area contributed by atoms with Gasteiger partial charge in [-0.2, -0.15) is 13.2 Å². The maximum absolute atomic E-state index is 12.6. The summed E-state index contributed by atoms with van der Waals surface area (Å²) in [6.07, 6.45) is -0.792. The molecule has 0 N–H and O–H groups in total. The number of alkyl halides is 3. The molecule has 3 rings (SSSR count). The molecule has 0 aromatic carbocycles. The minimum Gasteiger partial charge on any atom is -0.471 e. The fraction of sp³-hybridized carbons (Fsp3) is 0.571. The lowest BCUT2D eigenvalue weighted by atomic mass is 10.1. The molecule has 21 heavy (non-hydrogen) atoms. The van der Waals surface area contributed by atoms with Crippen molar-refractivity contribution in [2.75, 3.05) is 13.1 Å². The Hall–Kier alpha value is -1.79. The van der Waals surface area contributed by atoms with Crippen LogP contribution in [0.15, 0.2) is 18.3 Å². The topological polar surface area (TPSA) is 42.4 Å². The number of rotatable bonds is 4. The number of amides is 1. The Morgan fingerprint density at radius 3 is 2.71 bits per heavy atom. The standard InChI is InChI=1S/C14H15F3N2O2/c15-14(16,17)10-3-4-18-12(6-10)21-11-7-19(8-11)13(20)5-9-1-2-9/h3-4,6,9,11H,1-2,5,7-8H2. The molecule has 2 aliphatic rings. The molecular weight excluding hydrogens is 285 g/mol. The van der Waals surface area contributed by atoms with Gasteiger partial charge in [0.05, 0.1) is 18.7 Å². The predicted molar refractivity (Wildman–Crippen MR) is 67.6 cm³/mol. The van der Waals surface area contributed by atoms with Crippen LogP contribution in [0.5, 0.6) is 5.88 Å². The van der Waals surface area contributed by atoms with Crippen LogP contribution in [0.2, 0.25) is 0 Å². The Kier molecular flexibility index (Phi) is 3.51. The van der Waals surface area contributed by atoms with Crippen molar-refractivity contribution in [1.82, 2.24) is 9.88 Å². The maximum Gasteiger partial charge on any atom is 0.416 e. The van der Waals surface area contributed by atoms with E-state index in [0.717, 1.165) is 31.2 Å². The quantitative estimate of drug-likeness (QED) is 0.858. The monoisotopic (exact) mass is 300 g/mol. The molecule has 1 aliphatic carbocycles. The van der Waals surface area contributed by atoms with Crippen molar-refractivity contribution in [3.05, 3.63) is 23.9 Å². The van der Waals surface area contributed by atoms with Gasteiger partial charge in [-0.3, -0.25) is 4.79 Å². The molecular formula is C14H15F3N2O2. The molecule has 0 spiro atoms. The fourth-order valence-electron chi connectivity index (χ4n) is 2.24. The van der Waals surface area contributed by atoms with Crippen molar-refractivity contribution in [2.24, 2.45) is 5.92 Å². The molecule has 1 saturated heterocycles. The van der Waals surface area contributed by atoms with E-state index in [-0.39, 0.29) is 17.9 Å². The van der Waals surface area contributed by atoms with E-state index >= 15 is 0 Å². The number of carbonyl (C=O) groups excluding carboxylic acids is 1. The Labute approximate surface area is 119 Å². The molecule has 0 atom stereocenters. The minimum atomic E-state index is -4.41. The molecule has 1 saturated carbocycles. The highest BCUT2D eigenvalue weighted by molar-refractivity contribution is 5.77. The third-order valence-corrected chi connectivity index (χ3v) is 3.71. The number of aromatic nitrogens is 1. The molecule has 114 valence electrons. The first-order valence-corrected chi connectivity index (χ1v) is 6.89. The number of likely N-dealkylation sites (tertiary alicyclic amines) is 1. The molecule has 0 radical (unpaired) electrons. The Bertz CT molecular complexity index is 537. The molecule has 1 aliphatic heterocycles. The second-order valence-electron chi connectivity index (χ2n) is 5.57. The number of pyridine rings is 1. The van der Waals surface area contributed by atoms with Crippen molar-refractivity contribution < 1.29 is 22.7 Å². The molecule has 4 nitrogen and oxygen atoms in total. The van der Waals surface area contributed by atoms with Crippen molar-refractivity contribution in [3.63, 3.8) is 0 Å². The third kappa shape index (κ3) is 3.46. The highest BCUT2D eigenvalue weighted by atomic mass is 19.4. The zero-order chi connectivity index (χ0) is 15.0. The lowest BCUT2D eigenvalue weighted by Gasteiger charge is -2.38. The number of nitrogens with zero attached hydrogens (tertiary/aromatic N) is 2. The van der Waals surface area contributed by atoms with Gasteiger partial charge in [-0.05, 0) is 24.8 Å². The van der Waals surface area contributed by atoms with E-state index in [9.17, 15) is 18.0 Å². The Balaban J connectivity index is 1.51. The van der Waals surface area contributed by atoms with Gasteiger partial charge in [0.25, 0.3) is 0 Å². The van der Waals surface area contributed by atoms with E-state index in [4.69, 9.17) is 4.74 Å². The van der Waals surface area contributed by atoms with Crippen LogP contribution in [-0.4, -0.2) is 35.0 Å². The van der Waals surface area contributed by atoms with Gasteiger partial charge in [-0.15, -0.1) is 0 Å². The van der Waals surface area contributed by atoms with Gasteiger partial charge in [0.2, 0.25) is 11.8 Å². The van der Waals surface area contributed by atoms with Crippen molar-refractivity contribution in [3.8, 4) is 5.88 Å². The number of ether oxygens (including phenoxy) is 1. The van der Waals surface area contributed by atoms with Gasteiger partial charge in [0.1, 0.15) is 6.10 Å². The number of carbonyl (C=O) groups is 1. The summed E-state index contributed by atoms with van der Waals surface area (Å²) >= 11 is 0. The van der Waals surface area contributed by atoms with Crippen LogP contribution in [0.3, 0.4) is 0 Å². The summed E-state index contributed by atoms with van der Waals surface area (Å²) in [5, 5.41) is 0. The zero-order valence-electron chi connectivity index (χ0n) is 11.3. The first kappa shape index (κ1) is 14.2. The summed E-state index contributed by atoms with van der Waals surface area (Å²) in [6, 6.07) is 1.79. The lowest BCUT2D eigenvalue weighted by molar-refractivity contribution is -0.140. The SMILES string of the molecule is O=C(CC1CC1)N1CC(Oc2cc(C(F)(F)F)ccn2)C1. The highest BCUT2D eigenvalue weighted by Crippen LogP contribution is 2.34. The zero-order valence-corrected chi connectivity index (χ0v) is 11.3. The van der Waals surface area contributed by atoms with E-state index in [1.165, 1.54) is 0 Å². The van der Waals surface area contributed by atoms with Crippen molar-refractivity contribution in [1.29, 1.82) is 0 Å². The smallest absolute Gasteiger partial charge is 0.416 e. The first-order chi connectivity index (χ1) is 9.91. The van der Waals surface area contributed by atoms with E-state index in [1.54, 1.807) is 4.90 Å². The first-order valence-electron chi connectivity index (χ1n) is 6.89. The average Bonchev–Trinajstić information content (AvgIpc) is 3.16. The van der Waals surface area contributed by atoms with Crippen LogP contribution in [0.4, 0.5) is 13.2 Å². The molecule has 1 aromatic heterocycles. The molecule has 2 heterocycles. The Morgan fingerprint density at radius 2 is 2.10 bits per heavy atom. The number of halogens is 3. The van der Waals surface area contributed by atoms with Gasteiger partial charge < -0.3 is 9.64 Å². The largest absolute Gasteiger partial charge is 0.471 e. The van der Waals surface area contributed by atoms with Crippen LogP contribution in [-0.2, 0) is 11.0 Å². The normalized spacial score (nSPS) is 19.3. The number of hydrogen-bond donors (Lipinski definition) is 0. The van der Waals surface area contributed by atoms with Gasteiger partial charge in [0, 0.05) is 18.7 Å². The van der Waals surface area contributed by atoms with Gasteiger partial charge in [-0.1, -0.05) is 0 Å². The summed E-state index contributed by atoms with van der Waals surface area (Å²) in [6.45, 7) is 0.840. The van der Waals surface area contributed by atoms with E-state index in [1.807, 2.05) is 0 Å². The van der Waals surface area contributed by atoms with E-state index in [2.05, 4.69) is 4.98 Å². The molecule has 7 heteroatoms. The molecule has 0 unspecified atom stereocenters. The van der Waals surface area contributed by atoms with Gasteiger partial charge in [-0.25, -0.2) is 4.98 Å². The average molecular weight is 300 g/mol. The van der Waals surface area contributed by atoms with Crippen LogP contribution in [0, 0.1) is 5.92 Å².